The smallest absolute Gasteiger partial charge is 0.407 e. The van der Waals surface area contributed by atoms with Crippen molar-refractivity contribution in [2.75, 3.05) is 33.4 Å². The van der Waals surface area contributed by atoms with E-state index in [2.05, 4.69) is 5.16 Å². The molecule has 0 atom stereocenters. The third-order valence-electron chi connectivity index (χ3n) is 3.95. The Bertz CT molecular complexity index is 551. The minimum absolute atomic E-state index is 0.0934. The lowest BCUT2D eigenvalue weighted by Crippen LogP contribution is -2.40. The highest BCUT2D eigenvalue weighted by Crippen LogP contribution is 2.14. The Morgan fingerprint density at radius 3 is 2.50 bits per heavy atom. The molecule has 7 nitrogen and oxygen atoms in total. The first-order valence-corrected chi connectivity index (χ1v) is 8.00. The van der Waals surface area contributed by atoms with Crippen molar-refractivity contribution in [2.24, 2.45) is 5.16 Å². The maximum absolute atomic E-state index is 10.8. The van der Waals surface area contributed by atoms with Crippen LogP contribution < -0.4 is 4.74 Å². The highest BCUT2D eigenvalue weighted by Gasteiger charge is 2.22. The molecule has 1 aliphatic heterocycles. The molecule has 0 aromatic heterocycles. The van der Waals surface area contributed by atoms with Gasteiger partial charge >= 0.3 is 6.09 Å². The van der Waals surface area contributed by atoms with E-state index in [4.69, 9.17) is 19.4 Å². The third-order valence-corrected chi connectivity index (χ3v) is 3.95. The van der Waals surface area contributed by atoms with Crippen molar-refractivity contribution < 1.29 is 24.2 Å². The fourth-order valence-electron chi connectivity index (χ4n) is 2.49. The normalized spacial score (nSPS) is 16.1. The van der Waals surface area contributed by atoms with Gasteiger partial charge in [0.25, 0.3) is 0 Å². The summed E-state index contributed by atoms with van der Waals surface area (Å²) in [7, 11) is 1.63. The molecule has 1 aromatic carbocycles. The van der Waals surface area contributed by atoms with E-state index in [0.29, 0.717) is 26.3 Å². The Morgan fingerprint density at radius 1 is 1.25 bits per heavy atom. The van der Waals surface area contributed by atoms with Gasteiger partial charge in [-0.1, -0.05) is 5.16 Å². The van der Waals surface area contributed by atoms with E-state index in [0.717, 1.165) is 29.9 Å². The summed E-state index contributed by atoms with van der Waals surface area (Å²) in [6, 6.07) is 7.60. The predicted molar refractivity (Wildman–Crippen MR) is 89.7 cm³/mol. The maximum Gasteiger partial charge on any atom is 0.407 e. The van der Waals surface area contributed by atoms with E-state index in [1.165, 1.54) is 4.90 Å². The summed E-state index contributed by atoms with van der Waals surface area (Å²) in [6.07, 6.45) is 0.678. The second-order valence-electron chi connectivity index (χ2n) is 5.58. The van der Waals surface area contributed by atoms with Crippen molar-refractivity contribution in [3.63, 3.8) is 0 Å². The molecule has 0 radical (unpaired) electrons. The fraction of sp³-hybridized carbons (Fsp3) is 0.529. The van der Waals surface area contributed by atoms with Crippen LogP contribution in [0.2, 0.25) is 0 Å². The highest BCUT2D eigenvalue weighted by atomic mass is 16.6. The average Bonchev–Trinajstić information content (AvgIpc) is 2.61. The van der Waals surface area contributed by atoms with E-state index >= 15 is 0 Å². The first kappa shape index (κ1) is 18.1. The lowest BCUT2D eigenvalue weighted by molar-refractivity contribution is -0.0192. The monoisotopic (exact) mass is 336 g/mol. The molecule has 0 saturated carbocycles. The molecule has 1 aromatic rings. The van der Waals surface area contributed by atoms with Gasteiger partial charge in [-0.2, -0.15) is 0 Å². The van der Waals surface area contributed by atoms with Crippen molar-refractivity contribution in [1.82, 2.24) is 4.90 Å². The van der Waals surface area contributed by atoms with Crippen molar-refractivity contribution in [3.05, 3.63) is 29.8 Å². The molecule has 0 bridgehead atoms. The molecule has 0 aliphatic carbocycles. The number of carbonyl (C=O) groups is 1. The van der Waals surface area contributed by atoms with Crippen LogP contribution in [0, 0.1) is 0 Å². The minimum Gasteiger partial charge on any atom is -0.497 e. The predicted octanol–water partition coefficient (Wildman–Crippen LogP) is 2.59. The summed E-state index contributed by atoms with van der Waals surface area (Å²) in [6.45, 7) is 3.74. The summed E-state index contributed by atoms with van der Waals surface area (Å²) < 4.78 is 10.8. The number of oxime groups is 1. The molecular formula is C17H24N2O5. The number of amides is 1. The van der Waals surface area contributed by atoms with Crippen molar-refractivity contribution in [3.8, 4) is 5.75 Å². The number of hydrogen-bond acceptors (Lipinski definition) is 5. The van der Waals surface area contributed by atoms with Crippen molar-refractivity contribution in [1.29, 1.82) is 0 Å². The molecule has 132 valence electrons. The Kier molecular flexibility index (Phi) is 6.87. The molecule has 7 heteroatoms. The molecule has 0 spiro atoms. The van der Waals surface area contributed by atoms with Crippen LogP contribution in [0.5, 0.6) is 5.75 Å². The first-order chi connectivity index (χ1) is 11.6. The highest BCUT2D eigenvalue weighted by molar-refractivity contribution is 5.98. The largest absolute Gasteiger partial charge is 0.497 e. The summed E-state index contributed by atoms with van der Waals surface area (Å²) in [5, 5.41) is 13.0. The number of likely N-dealkylation sites (tertiary alicyclic amines) is 1. The molecule has 1 saturated heterocycles. The number of benzene rings is 1. The van der Waals surface area contributed by atoms with Crippen LogP contribution in [0.25, 0.3) is 0 Å². The summed E-state index contributed by atoms with van der Waals surface area (Å²) in [5.74, 6) is 0.801. The van der Waals surface area contributed by atoms with Crippen LogP contribution in [-0.4, -0.2) is 61.3 Å². The molecule has 1 fully saturated rings. The SMILES string of the molecule is COc1ccc(C(C)=NOCCOC2CCN(C(=O)O)CC2)cc1. The van der Waals surface area contributed by atoms with Gasteiger partial charge in [0.05, 0.1) is 25.5 Å². The zero-order valence-corrected chi connectivity index (χ0v) is 14.1. The van der Waals surface area contributed by atoms with Gasteiger partial charge in [0.1, 0.15) is 12.4 Å². The van der Waals surface area contributed by atoms with Crippen LogP contribution in [0.3, 0.4) is 0 Å². The molecule has 1 heterocycles. The Hall–Kier alpha value is -2.28. The van der Waals surface area contributed by atoms with Gasteiger partial charge in [-0.05, 0) is 49.6 Å². The van der Waals surface area contributed by atoms with Gasteiger partial charge < -0.3 is 24.3 Å². The number of carboxylic acid groups (broad SMARTS) is 1. The molecule has 1 aliphatic rings. The van der Waals surface area contributed by atoms with E-state index in [9.17, 15) is 4.79 Å². The number of hydrogen-bond donors (Lipinski definition) is 1. The molecular weight excluding hydrogens is 312 g/mol. The average molecular weight is 336 g/mol. The van der Waals surface area contributed by atoms with Crippen LogP contribution >= 0.6 is 0 Å². The Morgan fingerprint density at radius 2 is 1.92 bits per heavy atom. The number of nitrogens with zero attached hydrogens (tertiary/aromatic N) is 2. The fourth-order valence-corrected chi connectivity index (χ4v) is 2.49. The lowest BCUT2D eigenvalue weighted by Gasteiger charge is -2.29. The molecule has 24 heavy (non-hydrogen) atoms. The second-order valence-corrected chi connectivity index (χ2v) is 5.58. The number of ether oxygens (including phenoxy) is 2. The van der Waals surface area contributed by atoms with Gasteiger partial charge in [-0.25, -0.2) is 4.79 Å². The van der Waals surface area contributed by atoms with Gasteiger partial charge in [0.15, 0.2) is 0 Å². The lowest BCUT2D eigenvalue weighted by atomic mass is 10.1. The second kappa shape index (κ2) is 9.12. The van der Waals surface area contributed by atoms with Crippen molar-refractivity contribution in [2.45, 2.75) is 25.9 Å². The third kappa shape index (κ3) is 5.42. The van der Waals surface area contributed by atoms with Crippen LogP contribution in [-0.2, 0) is 9.57 Å². The molecule has 0 unspecified atom stereocenters. The number of methoxy groups -OCH3 is 1. The zero-order chi connectivity index (χ0) is 17.4. The van der Waals surface area contributed by atoms with Gasteiger partial charge in [0.2, 0.25) is 0 Å². The molecule has 1 amide bonds. The number of piperidine rings is 1. The van der Waals surface area contributed by atoms with E-state index in [1.807, 2.05) is 31.2 Å². The summed E-state index contributed by atoms with van der Waals surface area (Å²) in [4.78, 5) is 17.5. The van der Waals surface area contributed by atoms with Gasteiger partial charge in [-0.15, -0.1) is 0 Å². The molecule has 1 N–H and O–H groups in total. The quantitative estimate of drug-likeness (QED) is 0.470. The van der Waals surface area contributed by atoms with Gasteiger partial charge in [0, 0.05) is 13.1 Å². The number of rotatable bonds is 7. The molecule has 2 rings (SSSR count). The topological polar surface area (TPSA) is 80.6 Å². The van der Waals surface area contributed by atoms with E-state index < -0.39 is 6.09 Å². The standard InChI is InChI=1S/C17H24N2O5/c1-13(14-3-5-15(22-2)6-4-14)18-24-12-11-23-16-7-9-19(10-8-16)17(20)21/h3-6,16H,7-12H2,1-2H3,(H,20,21). The zero-order valence-electron chi connectivity index (χ0n) is 14.1. The van der Waals surface area contributed by atoms with Crippen LogP contribution in [0.15, 0.2) is 29.4 Å². The summed E-state index contributed by atoms with van der Waals surface area (Å²) in [5.41, 5.74) is 1.75. The minimum atomic E-state index is -0.861. The van der Waals surface area contributed by atoms with Crippen molar-refractivity contribution >= 4 is 11.8 Å². The van der Waals surface area contributed by atoms with E-state index in [-0.39, 0.29) is 6.10 Å². The Balaban J connectivity index is 1.64. The van der Waals surface area contributed by atoms with Gasteiger partial charge in [-0.3, -0.25) is 0 Å². The van der Waals surface area contributed by atoms with Crippen LogP contribution in [0.4, 0.5) is 4.79 Å². The Labute approximate surface area is 141 Å². The first-order valence-electron chi connectivity index (χ1n) is 8.00. The van der Waals surface area contributed by atoms with Crippen LogP contribution in [0.1, 0.15) is 25.3 Å². The summed E-state index contributed by atoms with van der Waals surface area (Å²) >= 11 is 0. The maximum atomic E-state index is 10.8. The van der Waals surface area contributed by atoms with E-state index in [1.54, 1.807) is 7.11 Å².